The fourth-order valence-corrected chi connectivity index (χ4v) is 3.60. The van der Waals surface area contributed by atoms with Gasteiger partial charge in [-0.2, -0.15) is 5.26 Å². The van der Waals surface area contributed by atoms with Crippen molar-refractivity contribution in [3.8, 4) is 6.07 Å². The molecule has 0 aliphatic rings. The highest BCUT2D eigenvalue weighted by molar-refractivity contribution is 7.94. The Hall–Kier alpha value is -2.37. The third-order valence-corrected chi connectivity index (χ3v) is 5.27. The number of thiophene rings is 1. The molecule has 0 spiro atoms. The zero-order chi connectivity index (χ0) is 14.8. The largest absolute Gasteiger partial charge is 0.477 e. The quantitative estimate of drug-likeness (QED) is 0.899. The van der Waals surface area contributed by atoms with E-state index in [0.29, 0.717) is 22.6 Å². The van der Waals surface area contributed by atoms with Crippen LogP contribution in [0.5, 0.6) is 0 Å². The summed E-state index contributed by atoms with van der Waals surface area (Å²) in [5, 5.41) is 17.4. The summed E-state index contributed by atoms with van der Waals surface area (Å²) in [5.74, 6) is -1.17. The van der Waals surface area contributed by atoms with Crippen molar-refractivity contribution in [3.05, 3.63) is 46.8 Å². The molecular weight excluding hydrogens is 300 g/mol. The predicted molar refractivity (Wildman–Crippen MR) is 73.2 cm³/mol. The monoisotopic (exact) mass is 308 g/mol. The Kier molecular flexibility index (Phi) is 3.74. The van der Waals surface area contributed by atoms with Gasteiger partial charge in [0.25, 0.3) is 10.0 Å². The van der Waals surface area contributed by atoms with Crippen molar-refractivity contribution in [2.45, 2.75) is 4.21 Å². The lowest BCUT2D eigenvalue weighted by Gasteiger charge is -2.05. The smallest absolute Gasteiger partial charge is 0.345 e. The first-order valence-electron chi connectivity index (χ1n) is 5.28. The van der Waals surface area contributed by atoms with E-state index in [1.54, 1.807) is 0 Å². The average Bonchev–Trinajstić information content (AvgIpc) is 2.90. The number of hydrogen-bond acceptors (Lipinski definition) is 5. The Morgan fingerprint density at radius 1 is 1.20 bits per heavy atom. The van der Waals surface area contributed by atoms with Crippen molar-refractivity contribution < 1.29 is 18.3 Å². The number of benzene rings is 1. The van der Waals surface area contributed by atoms with E-state index < -0.39 is 16.0 Å². The van der Waals surface area contributed by atoms with Crippen molar-refractivity contribution >= 4 is 33.0 Å². The number of rotatable bonds is 4. The molecule has 0 radical (unpaired) electrons. The van der Waals surface area contributed by atoms with Crippen molar-refractivity contribution in [1.29, 1.82) is 5.26 Å². The van der Waals surface area contributed by atoms with Gasteiger partial charge in [-0.3, -0.25) is 4.72 Å². The van der Waals surface area contributed by atoms with Gasteiger partial charge >= 0.3 is 5.97 Å². The van der Waals surface area contributed by atoms with Crippen LogP contribution >= 0.6 is 11.3 Å². The van der Waals surface area contributed by atoms with Crippen molar-refractivity contribution in [3.63, 3.8) is 0 Å². The van der Waals surface area contributed by atoms with E-state index in [-0.39, 0.29) is 9.09 Å². The molecule has 20 heavy (non-hydrogen) atoms. The van der Waals surface area contributed by atoms with Gasteiger partial charge in [-0.1, -0.05) is 0 Å². The first kappa shape index (κ1) is 14.0. The fourth-order valence-electron chi connectivity index (χ4n) is 1.40. The van der Waals surface area contributed by atoms with E-state index in [9.17, 15) is 13.2 Å². The molecule has 1 aromatic carbocycles. The van der Waals surface area contributed by atoms with E-state index in [0.717, 1.165) is 0 Å². The van der Waals surface area contributed by atoms with Gasteiger partial charge in [-0.05, 0) is 36.4 Å². The molecule has 2 N–H and O–H groups in total. The third-order valence-electron chi connectivity index (χ3n) is 2.32. The van der Waals surface area contributed by atoms with Crippen molar-refractivity contribution in [2.75, 3.05) is 4.72 Å². The van der Waals surface area contributed by atoms with Gasteiger partial charge in [0, 0.05) is 5.69 Å². The number of nitriles is 1. The van der Waals surface area contributed by atoms with Gasteiger partial charge in [0.15, 0.2) is 0 Å². The SMILES string of the molecule is N#Cc1ccc(NS(=O)(=O)c2ccc(C(=O)O)s2)cc1. The summed E-state index contributed by atoms with van der Waals surface area (Å²) in [6.45, 7) is 0. The summed E-state index contributed by atoms with van der Waals surface area (Å²) in [4.78, 5) is 10.7. The molecule has 0 fully saturated rings. The van der Waals surface area contributed by atoms with E-state index in [2.05, 4.69) is 4.72 Å². The normalized spacial score (nSPS) is 10.8. The summed E-state index contributed by atoms with van der Waals surface area (Å²) >= 11 is 0.672. The molecular formula is C12H8N2O4S2. The maximum atomic E-state index is 12.0. The molecule has 0 unspecified atom stereocenters. The number of nitrogens with one attached hydrogen (secondary N) is 1. The number of nitrogens with zero attached hydrogens (tertiary/aromatic N) is 1. The first-order valence-corrected chi connectivity index (χ1v) is 7.58. The Morgan fingerprint density at radius 3 is 2.35 bits per heavy atom. The summed E-state index contributed by atoms with van der Waals surface area (Å²) < 4.78 is 26.3. The Labute approximate surface area is 119 Å². The lowest BCUT2D eigenvalue weighted by atomic mass is 10.2. The maximum absolute atomic E-state index is 12.0. The molecule has 0 saturated carbocycles. The van der Waals surface area contributed by atoms with E-state index >= 15 is 0 Å². The lowest BCUT2D eigenvalue weighted by molar-refractivity contribution is 0.0702. The lowest BCUT2D eigenvalue weighted by Crippen LogP contribution is -2.11. The minimum absolute atomic E-state index is 0.0507. The van der Waals surface area contributed by atoms with Gasteiger partial charge in [0.1, 0.15) is 9.09 Å². The van der Waals surface area contributed by atoms with Crippen LogP contribution in [0, 0.1) is 11.3 Å². The van der Waals surface area contributed by atoms with Crippen LogP contribution in [-0.4, -0.2) is 19.5 Å². The number of carboxylic acids is 1. The third kappa shape index (κ3) is 2.96. The first-order chi connectivity index (χ1) is 9.42. The Morgan fingerprint density at radius 2 is 1.85 bits per heavy atom. The van der Waals surface area contributed by atoms with Crippen LogP contribution in [0.1, 0.15) is 15.2 Å². The molecule has 0 atom stereocenters. The number of aromatic carboxylic acids is 1. The van der Waals surface area contributed by atoms with Gasteiger partial charge in [0.2, 0.25) is 0 Å². The standard InChI is InChI=1S/C12H8N2O4S2/c13-7-8-1-3-9(4-2-8)14-20(17,18)11-6-5-10(19-11)12(15)16/h1-6,14H,(H,15,16). The van der Waals surface area contributed by atoms with Gasteiger partial charge < -0.3 is 5.11 Å². The Bertz CT molecular complexity index is 786. The summed E-state index contributed by atoms with van der Waals surface area (Å²) in [5.41, 5.74) is 0.714. The van der Waals surface area contributed by atoms with Crippen LogP contribution in [0.25, 0.3) is 0 Å². The van der Waals surface area contributed by atoms with Gasteiger partial charge in [-0.15, -0.1) is 11.3 Å². The molecule has 0 aliphatic carbocycles. The second-order valence-corrected chi connectivity index (χ2v) is 6.71. The van der Waals surface area contributed by atoms with Gasteiger partial charge in [-0.25, -0.2) is 13.2 Å². The number of carbonyl (C=O) groups is 1. The van der Waals surface area contributed by atoms with Crippen LogP contribution < -0.4 is 4.72 Å². The number of sulfonamides is 1. The van der Waals surface area contributed by atoms with Crippen LogP contribution in [-0.2, 0) is 10.0 Å². The highest BCUT2D eigenvalue weighted by Crippen LogP contribution is 2.24. The topological polar surface area (TPSA) is 107 Å². The number of carboxylic acid groups (broad SMARTS) is 1. The predicted octanol–water partition coefficient (Wildman–Crippen LogP) is 2.12. The molecule has 8 heteroatoms. The van der Waals surface area contributed by atoms with Crippen LogP contribution in [0.4, 0.5) is 5.69 Å². The molecule has 0 bridgehead atoms. The molecule has 0 amide bonds. The summed E-state index contributed by atoms with van der Waals surface area (Å²) in [6.07, 6.45) is 0. The summed E-state index contributed by atoms with van der Waals surface area (Å²) in [7, 11) is -3.82. The second-order valence-electron chi connectivity index (χ2n) is 3.72. The second kappa shape index (κ2) is 5.32. The van der Waals surface area contributed by atoms with E-state index in [1.165, 1.54) is 36.4 Å². The molecule has 1 aromatic heterocycles. The molecule has 0 aliphatic heterocycles. The number of anilines is 1. The molecule has 1 heterocycles. The molecule has 2 rings (SSSR count). The maximum Gasteiger partial charge on any atom is 0.345 e. The molecule has 2 aromatic rings. The highest BCUT2D eigenvalue weighted by atomic mass is 32.2. The van der Waals surface area contributed by atoms with Gasteiger partial charge in [0.05, 0.1) is 11.6 Å². The zero-order valence-corrected chi connectivity index (χ0v) is 11.5. The minimum Gasteiger partial charge on any atom is -0.477 e. The number of hydrogen-bond donors (Lipinski definition) is 2. The average molecular weight is 308 g/mol. The van der Waals surface area contributed by atoms with Crippen LogP contribution in [0.15, 0.2) is 40.6 Å². The molecule has 6 nitrogen and oxygen atoms in total. The minimum atomic E-state index is -3.82. The zero-order valence-electron chi connectivity index (χ0n) is 9.90. The van der Waals surface area contributed by atoms with Crippen molar-refractivity contribution in [2.24, 2.45) is 0 Å². The molecule has 0 saturated heterocycles. The van der Waals surface area contributed by atoms with Crippen molar-refractivity contribution in [1.82, 2.24) is 0 Å². The van der Waals surface area contributed by atoms with E-state index in [4.69, 9.17) is 10.4 Å². The fraction of sp³-hybridized carbons (Fsp3) is 0. The Balaban J connectivity index is 2.25. The highest BCUT2D eigenvalue weighted by Gasteiger charge is 2.19. The molecule has 102 valence electrons. The van der Waals surface area contributed by atoms with E-state index in [1.807, 2.05) is 6.07 Å². The van der Waals surface area contributed by atoms with Crippen LogP contribution in [0.2, 0.25) is 0 Å². The van der Waals surface area contributed by atoms with Crippen LogP contribution in [0.3, 0.4) is 0 Å². The summed E-state index contributed by atoms with van der Waals surface area (Å²) in [6, 6.07) is 10.3.